The van der Waals surface area contributed by atoms with E-state index in [2.05, 4.69) is 11.4 Å². The lowest BCUT2D eigenvalue weighted by Gasteiger charge is -2.25. The standard InChI is InChI=1S/C16H13Cl2NOS/c17-13-3-1-2-11(16(13)18)4-5-15(20)19-8-6-14-12(10-19)7-9-21-14/h1-5,7,9H,6,8,10H2. The summed E-state index contributed by atoms with van der Waals surface area (Å²) in [5.74, 6) is 0.00268. The highest BCUT2D eigenvalue weighted by Gasteiger charge is 2.19. The molecule has 0 unspecified atom stereocenters. The molecule has 2 nitrogen and oxygen atoms in total. The van der Waals surface area contributed by atoms with Gasteiger partial charge in [-0.1, -0.05) is 35.3 Å². The highest BCUT2D eigenvalue weighted by molar-refractivity contribution is 7.10. The van der Waals surface area contributed by atoms with E-state index < -0.39 is 0 Å². The molecule has 108 valence electrons. The number of rotatable bonds is 2. The molecular weight excluding hydrogens is 325 g/mol. The molecule has 0 N–H and O–H groups in total. The third-order valence-corrected chi connectivity index (χ3v) is 5.36. The summed E-state index contributed by atoms with van der Waals surface area (Å²) < 4.78 is 0. The van der Waals surface area contributed by atoms with E-state index in [-0.39, 0.29) is 5.91 Å². The number of carbonyl (C=O) groups is 1. The first-order chi connectivity index (χ1) is 10.1. The Labute approximate surface area is 137 Å². The summed E-state index contributed by atoms with van der Waals surface area (Å²) in [5.41, 5.74) is 2.01. The van der Waals surface area contributed by atoms with Gasteiger partial charge in [-0.3, -0.25) is 4.79 Å². The van der Waals surface area contributed by atoms with E-state index in [0.717, 1.165) is 18.5 Å². The van der Waals surface area contributed by atoms with Gasteiger partial charge in [0.2, 0.25) is 5.91 Å². The predicted octanol–water partition coefficient (Wildman–Crippen LogP) is 4.65. The number of nitrogens with zero attached hydrogens (tertiary/aromatic N) is 1. The molecule has 0 fully saturated rings. The highest BCUT2D eigenvalue weighted by Crippen LogP contribution is 2.27. The van der Waals surface area contributed by atoms with E-state index in [1.807, 2.05) is 17.0 Å². The summed E-state index contributed by atoms with van der Waals surface area (Å²) in [6.07, 6.45) is 4.22. The summed E-state index contributed by atoms with van der Waals surface area (Å²) in [5, 5.41) is 3.05. The molecule has 1 aromatic heterocycles. The van der Waals surface area contributed by atoms with Gasteiger partial charge in [-0.15, -0.1) is 11.3 Å². The van der Waals surface area contributed by atoms with Crippen LogP contribution in [0.15, 0.2) is 35.7 Å². The van der Waals surface area contributed by atoms with E-state index in [1.54, 1.807) is 29.6 Å². The summed E-state index contributed by atoms with van der Waals surface area (Å²) >= 11 is 13.8. The molecule has 0 spiro atoms. The molecule has 0 atom stereocenters. The summed E-state index contributed by atoms with van der Waals surface area (Å²) in [6.45, 7) is 1.45. The van der Waals surface area contributed by atoms with E-state index in [9.17, 15) is 4.79 Å². The highest BCUT2D eigenvalue weighted by atomic mass is 35.5. The molecule has 1 aliphatic rings. The number of halogens is 2. The van der Waals surface area contributed by atoms with Crippen LogP contribution in [-0.2, 0) is 17.8 Å². The smallest absolute Gasteiger partial charge is 0.246 e. The zero-order chi connectivity index (χ0) is 14.8. The molecule has 0 bridgehead atoms. The number of hydrogen-bond donors (Lipinski definition) is 0. The Morgan fingerprint density at radius 3 is 3.00 bits per heavy atom. The molecule has 21 heavy (non-hydrogen) atoms. The monoisotopic (exact) mass is 337 g/mol. The minimum absolute atomic E-state index is 0.00268. The van der Waals surface area contributed by atoms with Gasteiger partial charge < -0.3 is 4.90 Å². The third-order valence-electron chi connectivity index (χ3n) is 3.51. The van der Waals surface area contributed by atoms with Crippen molar-refractivity contribution in [2.24, 2.45) is 0 Å². The van der Waals surface area contributed by atoms with Crippen LogP contribution in [0.5, 0.6) is 0 Å². The van der Waals surface area contributed by atoms with Crippen LogP contribution in [0.25, 0.3) is 6.08 Å². The third kappa shape index (κ3) is 3.15. The first-order valence-corrected chi connectivity index (χ1v) is 8.25. The molecule has 1 aromatic carbocycles. The molecule has 0 saturated heterocycles. The Kier molecular flexibility index (Phi) is 4.34. The average molecular weight is 338 g/mol. The largest absolute Gasteiger partial charge is 0.334 e. The maximum absolute atomic E-state index is 12.3. The van der Waals surface area contributed by atoms with Crippen molar-refractivity contribution in [2.75, 3.05) is 6.54 Å². The molecule has 2 heterocycles. The van der Waals surface area contributed by atoms with Gasteiger partial charge in [-0.2, -0.15) is 0 Å². The van der Waals surface area contributed by atoms with Crippen molar-refractivity contribution < 1.29 is 4.79 Å². The second kappa shape index (κ2) is 6.22. The van der Waals surface area contributed by atoms with Crippen molar-refractivity contribution in [3.05, 3.63) is 61.8 Å². The number of benzene rings is 1. The van der Waals surface area contributed by atoms with Crippen LogP contribution >= 0.6 is 34.5 Å². The zero-order valence-electron chi connectivity index (χ0n) is 11.2. The molecule has 1 amide bonds. The van der Waals surface area contributed by atoms with Gasteiger partial charge in [0.15, 0.2) is 0 Å². The van der Waals surface area contributed by atoms with Gasteiger partial charge in [-0.05, 0) is 41.1 Å². The summed E-state index contributed by atoms with van der Waals surface area (Å²) in [7, 11) is 0. The van der Waals surface area contributed by atoms with Crippen molar-refractivity contribution >= 4 is 46.5 Å². The van der Waals surface area contributed by atoms with Crippen LogP contribution in [0.1, 0.15) is 16.0 Å². The van der Waals surface area contributed by atoms with Gasteiger partial charge in [-0.25, -0.2) is 0 Å². The van der Waals surface area contributed by atoms with Gasteiger partial charge in [0.05, 0.1) is 10.0 Å². The topological polar surface area (TPSA) is 20.3 Å². The second-order valence-corrected chi connectivity index (χ2v) is 6.64. The molecule has 1 aliphatic heterocycles. The van der Waals surface area contributed by atoms with Crippen LogP contribution < -0.4 is 0 Å². The quantitative estimate of drug-likeness (QED) is 0.730. The summed E-state index contributed by atoms with van der Waals surface area (Å²) in [6, 6.07) is 7.48. The van der Waals surface area contributed by atoms with E-state index >= 15 is 0 Å². The van der Waals surface area contributed by atoms with Crippen LogP contribution in [0.4, 0.5) is 0 Å². The fourth-order valence-corrected chi connectivity index (χ4v) is 3.61. The second-order valence-electron chi connectivity index (χ2n) is 4.86. The summed E-state index contributed by atoms with van der Waals surface area (Å²) in [4.78, 5) is 15.5. The van der Waals surface area contributed by atoms with Crippen molar-refractivity contribution in [1.29, 1.82) is 0 Å². The number of fused-ring (bicyclic) bond motifs is 1. The molecule has 2 aromatic rings. The van der Waals surface area contributed by atoms with Crippen LogP contribution in [0, 0.1) is 0 Å². The lowest BCUT2D eigenvalue weighted by molar-refractivity contribution is -0.126. The number of amides is 1. The maximum atomic E-state index is 12.3. The van der Waals surface area contributed by atoms with Crippen LogP contribution in [0.2, 0.25) is 10.0 Å². The number of thiophene rings is 1. The Bertz CT molecular complexity index is 708. The van der Waals surface area contributed by atoms with Gasteiger partial charge in [0.1, 0.15) is 0 Å². The Morgan fingerprint density at radius 2 is 2.14 bits per heavy atom. The van der Waals surface area contributed by atoms with E-state index in [4.69, 9.17) is 23.2 Å². The predicted molar refractivity (Wildman–Crippen MR) is 88.9 cm³/mol. The fraction of sp³-hybridized carbons (Fsp3) is 0.188. The maximum Gasteiger partial charge on any atom is 0.246 e. The molecule has 0 radical (unpaired) electrons. The lowest BCUT2D eigenvalue weighted by atomic mass is 10.1. The molecular formula is C16H13Cl2NOS. The van der Waals surface area contributed by atoms with Crippen LogP contribution in [-0.4, -0.2) is 17.4 Å². The first kappa shape index (κ1) is 14.6. The SMILES string of the molecule is O=C(C=Cc1cccc(Cl)c1Cl)N1CCc2sccc2C1. The molecule has 3 rings (SSSR count). The van der Waals surface area contributed by atoms with Crippen molar-refractivity contribution in [1.82, 2.24) is 4.90 Å². The van der Waals surface area contributed by atoms with Crippen molar-refractivity contribution in [3.63, 3.8) is 0 Å². The van der Waals surface area contributed by atoms with Gasteiger partial charge in [0, 0.05) is 24.0 Å². The van der Waals surface area contributed by atoms with Crippen molar-refractivity contribution in [3.8, 4) is 0 Å². The Hall–Kier alpha value is -1.29. The van der Waals surface area contributed by atoms with E-state index in [0.29, 0.717) is 16.6 Å². The van der Waals surface area contributed by atoms with Gasteiger partial charge in [0.25, 0.3) is 0 Å². The first-order valence-electron chi connectivity index (χ1n) is 6.61. The van der Waals surface area contributed by atoms with Gasteiger partial charge >= 0.3 is 0 Å². The average Bonchev–Trinajstić information content (AvgIpc) is 2.96. The number of hydrogen-bond acceptors (Lipinski definition) is 2. The lowest BCUT2D eigenvalue weighted by Crippen LogP contribution is -2.34. The van der Waals surface area contributed by atoms with Crippen LogP contribution in [0.3, 0.4) is 0 Å². The fourth-order valence-electron chi connectivity index (χ4n) is 2.35. The molecule has 5 heteroatoms. The molecule has 0 aliphatic carbocycles. The molecule has 0 saturated carbocycles. The van der Waals surface area contributed by atoms with E-state index in [1.165, 1.54) is 10.4 Å². The van der Waals surface area contributed by atoms with Crippen molar-refractivity contribution in [2.45, 2.75) is 13.0 Å². The zero-order valence-corrected chi connectivity index (χ0v) is 13.5. The Morgan fingerprint density at radius 1 is 1.29 bits per heavy atom. The number of carbonyl (C=O) groups excluding carboxylic acids is 1. The normalized spacial score (nSPS) is 14.5. The minimum atomic E-state index is 0.00268. The Balaban J connectivity index is 1.72. The minimum Gasteiger partial charge on any atom is -0.334 e.